The van der Waals surface area contributed by atoms with Gasteiger partial charge in [0.25, 0.3) is 0 Å². The molecule has 8 nitrogen and oxygen atoms in total. The molecule has 2 amide bonds. The number of carboxylic acid groups (broad SMARTS) is 1. The van der Waals surface area contributed by atoms with Crippen molar-refractivity contribution in [3.05, 3.63) is 36.4 Å². The third-order valence-corrected chi connectivity index (χ3v) is 5.41. The van der Waals surface area contributed by atoms with E-state index >= 15 is 0 Å². The largest absolute Gasteiger partial charge is 0.473 e. The fraction of sp³-hybridized carbons (Fsp3) is 0.400. The van der Waals surface area contributed by atoms with Gasteiger partial charge in [-0.25, -0.2) is 4.79 Å². The summed E-state index contributed by atoms with van der Waals surface area (Å²) in [6.45, 7) is 2.66. The number of hydrogen-bond acceptors (Lipinski definition) is 5. The van der Waals surface area contributed by atoms with Gasteiger partial charge in [-0.3, -0.25) is 4.79 Å². The molecule has 28 heavy (non-hydrogen) atoms. The first-order valence-corrected chi connectivity index (χ1v) is 9.34. The van der Waals surface area contributed by atoms with E-state index in [1.165, 1.54) is 11.8 Å². The highest BCUT2D eigenvalue weighted by molar-refractivity contribution is 5.88. The molecule has 2 aromatic rings. The van der Waals surface area contributed by atoms with E-state index in [1.807, 2.05) is 36.4 Å². The number of carbonyl (C=O) groups is 2. The van der Waals surface area contributed by atoms with E-state index in [4.69, 9.17) is 9.84 Å². The van der Waals surface area contributed by atoms with Crippen molar-refractivity contribution < 1.29 is 19.4 Å². The fourth-order valence-corrected chi connectivity index (χ4v) is 4.13. The molecule has 4 rings (SSSR count). The minimum absolute atomic E-state index is 0.0584. The van der Waals surface area contributed by atoms with Gasteiger partial charge in [-0.05, 0) is 42.9 Å². The molecule has 1 aliphatic heterocycles. The maximum absolute atomic E-state index is 11.1. The smallest absolute Gasteiger partial charge is 0.407 e. The first-order valence-electron chi connectivity index (χ1n) is 9.34. The number of hydrogen-bond donors (Lipinski definition) is 2. The highest BCUT2D eigenvalue weighted by atomic mass is 16.5. The van der Waals surface area contributed by atoms with Crippen molar-refractivity contribution in [1.82, 2.24) is 15.1 Å². The number of ether oxygens (including phenoxy) is 1. The quantitative estimate of drug-likeness (QED) is 0.842. The summed E-state index contributed by atoms with van der Waals surface area (Å²) in [6, 6.07) is 11.1. The predicted molar refractivity (Wildman–Crippen MR) is 102 cm³/mol. The minimum Gasteiger partial charge on any atom is -0.473 e. The van der Waals surface area contributed by atoms with E-state index in [1.54, 1.807) is 0 Å². The van der Waals surface area contributed by atoms with Crippen LogP contribution in [0.15, 0.2) is 36.4 Å². The lowest BCUT2D eigenvalue weighted by Gasteiger charge is -2.17. The van der Waals surface area contributed by atoms with Crippen LogP contribution >= 0.6 is 0 Å². The van der Waals surface area contributed by atoms with Crippen LogP contribution in [0.1, 0.15) is 19.8 Å². The normalized spacial score (nSPS) is 23.3. The Morgan fingerprint density at radius 1 is 1.07 bits per heavy atom. The lowest BCUT2D eigenvalue weighted by molar-refractivity contribution is -0.114. The molecule has 2 N–H and O–H groups in total. The van der Waals surface area contributed by atoms with E-state index in [2.05, 4.69) is 15.5 Å². The van der Waals surface area contributed by atoms with Crippen LogP contribution in [0.3, 0.4) is 0 Å². The van der Waals surface area contributed by atoms with E-state index in [-0.39, 0.29) is 12.0 Å². The molecule has 1 aliphatic carbocycles. The van der Waals surface area contributed by atoms with Crippen LogP contribution in [-0.2, 0) is 4.79 Å². The first kappa shape index (κ1) is 18.2. The van der Waals surface area contributed by atoms with Crippen LogP contribution in [0.4, 0.5) is 10.5 Å². The van der Waals surface area contributed by atoms with Gasteiger partial charge in [0.05, 0.1) is 5.69 Å². The Morgan fingerprint density at radius 3 is 2.29 bits per heavy atom. The van der Waals surface area contributed by atoms with Crippen LogP contribution in [0, 0.1) is 11.8 Å². The molecule has 8 heteroatoms. The van der Waals surface area contributed by atoms with Crippen molar-refractivity contribution >= 4 is 17.7 Å². The third kappa shape index (κ3) is 3.90. The van der Waals surface area contributed by atoms with E-state index in [0.29, 0.717) is 30.8 Å². The number of benzene rings is 1. The van der Waals surface area contributed by atoms with Crippen molar-refractivity contribution in [1.29, 1.82) is 0 Å². The SMILES string of the molecule is CC(=O)Nc1ccc(-c2ccc(O[C@H]3C[C@@H]4CN(C(=O)O)C[C@@H]4C3)nn2)cc1. The van der Waals surface area contributed by atoms with Crippen molar-refractivity contribution in [2.24, 2.45) is 11.8 Å². The molecule has 2 heterocycles. The van der Waals surface area contributed by atoms with Crippen LogP contribution in [0.2, 0.25) is 0 Å². The molecule has 0 radical (unpaired) electrons. The predicted octanol–water partition coefficient (Wildman–Crippen LogP) is 2.87. The molecule has 1 saturated carbocycles. The number of nitrogens with one attached hydrogen (secondary N) is 1. The number of nitrogens with zero attached hydrogens (tertiary/aromatic N) is 3. The minimum atomic E-state index is -0.835. The number of carbonyl (C=O) groups excluding carboxylic acids is 1. The third-order valence-electron chi connectivity index (χ3n) is 5.41. The molecule has 2 aliphatic rings. The van der Waals surface area contributed by atoms with Gasteiger partial charge < -0.3 is 20.1 Å². The summed E-state index contributed by atoms with van der Waals surface area (Å²) in [7, 11) is 0. The number of fused-ring (bicyclic) bond motifs is 1. The Balaban J connectivity index is 1.34. The van der Waals surface area contributed by atoms with Crippen molar-refractivity contribution in [3.63, 3.8) is 0 Å². The monoisotopic (exact) mass is 382 g/mol. The van der Waals surface area contributed by atoms with Gasteiger partial charge in [-0.1, -0.05) is 12.1 Å². The summed E-state index contributed by atoms with van der Waals surface area (Å²) in [5, 5.41) is 20.2. The van der Waals surface area contributed by atoms with Gasteiger partial charge in [-0.15, -0.1) is 10.2 Å². The summed E-state index contributed by atoms with van der Waals surface area (Å²) in [5.74, 6) is 1.12. The topological polar surface area (TPSA) is 105 Å². The second kappa shape index (κ2) is 7.46. The number of aromatic nitrogens is 2. The standard InChI is InChI=1S/C20H22N4O4/c1-12(25)21-16-4-2-13(3-5-16)18-6-7-19(23-22-18)28-17-8-14-10-24(20(26)27)11-15(14)9-17/h2-7,14-15,17H,8-11H2,1H3,(H,21,25)(H,26,27)/t14-,15+,17+. The molecule has 0 unspecified atom stereocenters. The van der Waals surface area contributed by atoms with Crippen LogP contribution in [0.25, 0.3) is 11.3 Å². The first-order chi connectivity index (χ1) is 13.5. The molecule has 1 aromatic heterocycles. The summed E-state index contributed by atoms with van der Waals surface area (Å²) in [5.41, 5.74) is 2.36. The molecule has 1 saturated heterocycles. The molecule has 0 spiro atoms. The van der Waals surface area contributed by atoms with Crippen LogP contribution < -0.4 is 10.1 Å². The maximum Gasteiger partial charge on any atom is 0.407 e. The van der Waals surface area contributed by atoms with Gasteiger partial charge >= 0.3 is 6.09 Å². The summed E-state index contributed by atoms with van der Waals surface area (Å²) in [6.07, 6.45) is 0.923. The average molecular weight is 382 g/mol. The lowest BCUT2D eigenvalue weighted by Crippen LogP contribution is -2.29. The van der Waals surface area contributed by atoms with Crippen molar-refractivity contribution in [2.75, 3.05) is 18.4 Å². The Bertz CT molecular complexity index is 855. The average Bonchev–Trinajstić information content (AvgIpc) is 3.21. The second-order valence-electron chi connectivity index (χ2n) is 7.43. The highest BCUT2D eigenvalue weighted by Crippen LogP contribution is 2.39. The Labute approximate surface area is 162 Å². The van der Waals surface area contributed by atoms with E-state index in [9.17, 15) is 9.59 Å². The fourth-order valence-electron chi connectivity index (χ4n) is 4.13. The second-order valence-corrected chi connectivity index (χ2v) is 7.43. The Morgan fingerprint density at radius 2 is 1.75 bits per heavy atom. The molecular formula is C20H22N4O4. The summed E-state index contributed by atoms with van der Waals surface area (Å²) in [4.78, 5) is 23.7. The molecule has 2 fully saturated rings. The van der Waals surface area contributed by atoms with Gasteiger partial charge in [0.2, 0.25) is 11.8 Å². The zero-order valence-corrected chi connectivity index (χ0v) is 15.5. The van der Waals surface area contributed by atoms with Crippen molar-refractivity contribution in [3.8, 4) is 17.1 Å². The highest BCUT2D eigenvalue weighted by Gasteiger charge is 2.43. The number of rotatable bonds is 4. The summed E-state index contributed by atoms with van der Waals surface area (Å²) >= 11 is 0. The number of likely N-dealkylation sites (tertiary alicyclic amines) is 1. The Hall–Kier alpha value is -3.16. The number of anilines is 1. The zero-order chi connectivity index (χ0) is 19.7. The molecule has 146 valence electrons. The van der Waals surface area contributed by atoms with Gasteiger partial charge in [0.1, 0.15) is 6.10 Å². The molecular weight excluding hydrogens is 360 g/mol. The van der Waals surface area contributed by atoms with E-state index in [0.717, 1.165) is 29.8 Å². The van der Waals surface area contributed by atoms with Gasteiger partial charge in [-0.2, -0.15) is 0 Å². The van der Waals surface area contributed by atoms with Gasteiger partial charge in [0.15, 0.2) is 0 Å². The summed E-state index contributed by atoms with van der Waals surface area (Å²) < 4.78 is 5.97. The van der Waals surface area contributed by atoms with Crippen LogP contribution in [-0.4, -0.2) is 51.4 Å². The van der Waals surface area contributed by atoms with E-state index < -0.39 is 6.09 Å². The lowest BCUT2D eigenvalue weighted by atomic mass is 10.0. The maximum atomic E-state index is 11.1. The van der Waals surface area contributed by atoms with Crippen LogP contribution in [0.5, 0.6) is 5.88 Å². The molecule has 3 atom stereocenters. The van der Waals surface area contributed by atoms with Gasteiger partial charge in [0, 0.05) is 37.3 Å². The number of amides is 2. The molecule has 1 aromatic carbocycles. The zero-order valence-electron chi connectivity index (χ0n) is 15.5. The molecule has 0 bridgehead atoms. The Kier molecular flexibility index (Phi) is 4.85. The van der Waals surface area contributed by atoms with Crippen molar-refractivity contribution in [2.45, 2.75) is 25.9 Å².